The third-order valence-corrected chi connectivity index (χ3v) is 4.23. The van der Waals surface area contributed by atoms with Crippen molar-refractivity contribution < 1.29 is 4.74 Å². The number of rotatable bonds is 2. The Balaban J connectivity index is 1.65. The van der Waals surface area contributed by atoms with Crippen molar-refractivity contribution in [2.45, 2.75) is 6.92 Å². The van der Waals surface area contributed by atoms with Gasteiger partial charge in [-0.3, -0.25) is 0 Å². The van der Waals surface area contributed by atoms with Gasteiger partial charge in [0.05, 0.1) is 18.9 Å². The van der Waals surface area contributed by atoms with Crippen LogP contribution in [-0.4, -0.2) is 41.3 Å². The first-order valence-electron chi connectivity index (χ1n) is 7.77. The highest BCUT2D eigenvalue weighted by molar-refractivity contribution is 5.79. The van der Waals surface area contributed by atoms with Gasteiger partial charge >= 0.3 is 0 Å². The lowest BCUT2D eigenvalue weighted by Crippen LogP contribution is -2.36. The lowest BCUT2D eigenvalue weighted by molar-refractivity contribution is 0.122. The number of nitrogens with zero attached hydrogens (tertiary/aromatic N) is 4. The van der Waals surface area contributed by atoms with Crippen LogP contribution in [0.15, 0.2) is 36.4 Å². The predicted molar refractivity (Wildman–Crippen MR) is 91.0 cm³/mol. The topological polar surface area (TPSA) is 69.2 Å². The fourth-order valence-corrected chi connectivity index (χ4v) is 2.82. The van der Waals surface area contributed by atoms with Crippen LogP contribution in [0.4, 0.5) is 11.4 Å². The van der Waals surface area contributed by atoms with E-state index in [1.807, 2.05) is 31.2 Å². The minimum Gasteiger partial charge on any atom is -0.398 e. The number of aromatic nitrogens is 3. The molecule has 3 aromatic rings. The molecule has 0 saturated carbocycles. The first-order valence-corrected chi connectivity index (χ1v) is 7.77. The third kappa shape index (κ3) is 2.61. The Hall–Kier alpha value is -2.60. The standard InChI is InChI=1S/C17H19N5O/c1-12-10-16-17(11-15(12)18)20-22(19-16)14-4-2-13(3-5-14)21-6-8-23-9-7-21/h2-5,10-11H,6-9,18H2,1H3. The molecule has 118 valence electrons. The van der Waals surface area contributed by atoms with Gasteiger partial charge < -0.3 is 15.4 Å². The number of ether oxygens (including phenoxy) is 1. The van der Waals surface area contributed by atoms with E-state index in [0.29, 0.717) is 0 Å². The van der Waals surface area contributed by atoms with Gasteiger partial charge in [-0.2, -0.15) is 4.80 Å². The number of hydrogen-bond donors (Lipinski definition) is 1. The molecular formula is C17H19N5O. The summed E-state index contributed by atoms with van der Waals surface area (Å²) < 4.78 is 5.39. The molecule has 0 atom stereocenters. The summed E-state index contributed by atoms with van der Waals surface area (Å²) in [7, 11) is 0. The smallest absolute Gasteiger partial charge is 0.115 e. The quantitative estimate of drug-likeness (QED) is 0.735. The van der Waals surface area contributed by atoms with Gasteiger partial charge in [0.15, 0.2) is 0 Å². The Morgan fingerprint density at radius 2 is 1.57 bits per heavy atom. The average Bonchev–Trinajstić information content (AvgIpc) is 2.99. The molecule has 6 nitrogen and oxygen atoms in total. The van der Waals surface area contributed by atoms with E-state index in [1.54, 1.807) is 4.80 Å². The van der Waals surface area contributed by atoms with Crippen molar-refractivity contribution in [3.8, 4) is 5.69 Å². The summed E-state index contributed by atoms with van der Waals surface area (Å²) in [6.45, 7) is 5.41. The van der Waals surface area contributed by atoms with E-state index in [1.165, 1.54) is 5.69 Å². The molecule has 0 spiro atoms. The molecule has 0 unspecified atom stereocenters. The summed E-state index contributed by atoms with van der Waals surface area (Å²) >= 11 is 0. The van der Waals surface area contributed by atoms with Crippen molar-refractivity contribution in [2.24, 2.45) is 0 Å². The molecule has 2 aromatic carbocycles. The van der Waals surface area contributed by atoms with Crippen LogP contribution in [0.5, 0.6) is 0 Å². The Kier molecular flexibility index (Phi) is 3.38. The largest absolute Gasteiger partial charge is 0.398 e. The molecule has 6 heteroatoms. The second kappa shape index (κ2) is 5.55. The van der Waals surface area contributed by atoms with E-state index in [0.717, 1.165) is 54.3 Å². The normalized spacial score (nSPS) is 15.3. The van der Waals surface area contributed by atoms with Gasteiger partial charge in [-0.05, 0) is 48.9 Å². The van der Waals surface area contributed by atoms with E-state index < -0.39 is 0 Å². The highest BCUT2D eigenvalue weighted by Crippen LogP contribution is 2.21. The van der Waals surface area contributed by atoms with Crippen LogP contribution in [0.1, 0.15) is 5.56 Å². The zero-order valence-electron chi connectivity index (χ0n) is 13.1. The first-order chi connectivity index (χ1) is 11.2. The molecule has 0 amide bonds. The number of anilines is 2. The SMILES string of the molecule is Cc1cc2nn(-c3ccc(N4CCOCC4)cc3)nc2cc1N. The number of aryl methyl sites for hydroxylation is 1. The van der Waals surface area contributed by atoms with Crippen LogP contribution in [0, 0.1) is 6.92 Å². The molecule has 0 aliphatic carbocycles. The van der Waals surface area contributed by atoms with Crippen molar-refractivity contribution in [2.75, 3.05) is 36.9 Å². The molecule has 2 N–H and O–H groups in total. The number of hydrogen-bond acceptors (Lipinski definition) is 5. The molecule has 4 rings (SSSR count). The predicted octanol–water partition coefficient (Wildman–Crippen LogP) is 2.15. The number of benzene rings is 2. The van der Waals surface area contributed by atoms with E-state index >= 15 is 0 Å². The minimum atomic E-state index is 0.743. The summed E-state index contributed by atoms with van der Waals surface area (Å²) in [4.78, 5) is 3.98. The van der Waals surface area contributed by atoms with Crippen molar-refractivity contribution in [1.82, 2.24) is 15.0 Å². The molecule has 2 heterocycles. The zero-order valence-corrected chi connectivity index (χ0v) is 13.1. The van der Waals surface area contributed by atoms with Crippen LogP contribution in [-0.2, 0) is 4.74 Å². The Labute approximate surface area is 134 Å². The third-order valence-electron chi connectivity index (χ3n) is 4.23. The highest BCUT2D eigenvalue weighted by atomic mass is 16.5. The van der Waals surface area contributed by atoms with Crippen LogP contribution in [0.2, 0.25) is 0 Å². The highest BCUT2D eigenvalue weighted by Gasteiger charge is 2.12. The van der Waals surface area contributed by atoms with Gasteiger partial charge in [0, 0.05) is 24.5 Å². The van der Waals surface area contributed by atoms with E-state index in [4.69, 9.17) is 10.5 Å². The summed E-state index contributed by atoms with van der Waals surface area (Å²) in [5.41, 5.74) is 11.5. The van der Waals surface area contributed by atoms with Crippen molar-refractivity contribution >= 4 is 22.4 Å². The molecular weight excluding hydrogens is 290 g/mol. The molecule has 0 radical (unpaired) electrons. The molecule has 1 saturated heterocycles. The van der Waals surface area contributed by atoms with Crippen molar-refractivity contribution in [3.63, 3.8) is 0 Å². The number of nitrogens with two attached hydrogens (primary N) is 1. The Morgan fingerprint density at radius 3 is 2.26 bits per heavy atom. The van der Waals surface area contributed by atoms with Crippen molar-refractivity contribution in [1.29, 1.82) is 0 Å². The van der Waals surface area contributed by atoms with Gasteiger partial charge in [-0.1, -0.05) is 0 Å². The summed E-state index contributed by atoms with van der Waals surface area (Å²) in [5.74, 6) is 0. The second-order valence-corrected chi connectivity index (χ2v) is 5.80. The van der Waals surface area contributed by atoms with E-state index in [-0.39, 0.29) is 0 Å². The van der Waals surface area contributed by atoms with E-state index in [9.17, 15) is 0 Å². The molecule has 1 aliphatic heterocycles. The lowest BCUT2D eigenvalue weighted by Gasteiger charge is -2.28. The molecule has 1 aliphatic rings. The molecule has 23 heavy (non-hydrogen) atoms. The van der Waals surface area contributed by atoms with Gasteiger partial charge in [-0.15, -0.1) is 10.2 Å². The average molecular weight is 309 g/mol. The minimum absolute atomic E-state index is 0.743. The Morgan fingerprint density at radius 1 is 0.957 bits per heavy atom. The maximum atomic E-state index is 5.94. The number of fused-ring (bicyclic) bond motifs is 1. The summed E-state index contributed by atoms with van der Waals surface area (Å²) in [6, 6.07) is 12.1. The van der Waals surface area contributed by atoms with Gasteiger partial charge in [0.25, 0.3) is 0 Å². The van der Waals surface area contributed by atoms with Crippen molar-refractivity contribution in [3.05, 3.63) is 42.0 Å². The first kappa shape index (κ1) is 14.0. The molecule has 1 fully saturated rings. The maximum absolute atomic E-state index is 5.94. The van der Waals surface area contributed by atoms with Gasteiger partial charge in [0.2, 0.25) is 0 Å². The van der Waals surface area contributed by atoms with Crippen LogP contribution < -0.4 is 10.6 Å². The second-order valence-electron chi connectivity index (χ2n) is 5.80. The lowest BCUT2D eigenvalue weighted by atomic mass is 10.2. The fourth-order valence-electron chi connectivity index (χ4n) is 2.82. The summed E-state index contributed by atoms with van der Waals surface area (Å²) in [6.07, 6.45) is 0. The number of nitrogen functional groups attached to an aromatic ring is 1. The van der Waals surface area contributed by atoms with Gasteiger partial charge in [-0.25, -0.2) is 0 Å². The van der Waals surface area contributed by atoms with E-state index in [2.05, 4.69) is 27.2 Å². The molecule has 1 aromatic heterocycles. The van der Waals surface area contributed by atoms with Gasteiger partial charge in [0.1, 0.15) is 11.0 Å². The summed E-state index contributed by atoms with van der Waals surface area (Å²) in [5, 5.41) is 9.06. The Bertz CT molecular complexity index is 795. The number of morpholine rings is 1. The van der Waals surface area contributed by atoms with Crippen LogP contribution in [0.3, 0.4) is 0 Å². The maximum Gasteiger partial charge on any atom is 0.115 e. The fraction of sp³-hybridized carbons (Fsp3) is 0.294. The monoisotopic (exact) mass is 309 g/mol. The molecule has 0 bridgehead atoms. The van der Waals surface area contributed by atoms with Crippen LogP contribution in [0.25, 0.3) is 16.7 Å². The van der Waals surface area contributed by atoms with Crippen LogP contribution >= 0.6 is 0 Å². The zero-order chi connectivity index (χ0) is 15.8.